The summed E-state index contributed by atoms with van der Waals surface area (Å²) in [6, 6.07) is 10.5. The van der Waals surface area contributed by atoms with Crippen LogP contribution in [0.2, 0.25) is 0 Å². The van der Waals surface area contributed by atoms with Crippen molar-refractivity contribution < 1.29 is 0 Å². The van der Waals surface area contributed by atoms with E-state index in [2.05, 4.69) is 30.9 Å². The van der Waals surface area contributed by atoms with Gasteiger partial charge in [-0.25, -0.2) is 0 Å². The van der Waals surface area contributed by atoms with Gasteiger partial charge in [0.05, 0.1) is 12.0 Å². The van der Waals surface area contributed by atoms with Crippen LogP contribution in [0.4, 0.5) is 0 Å². The first-order valence-corrected chi connectivity index (χ1v) is 5.14. The van der Waals surface area contributed by atoms with Crippen LogP contribution in [0.5, 0.6) is 0 Å². The normalized spacial score (nSPS) is 22.9. The lowest BCUT2D eigenvalue weighted by atomic mass is 9.79. The first kappa shape index (κ1) is 9.73. The van der Waals surface area contributed by atoms with E-state index in [1.54, 1.807) is 0 Å². The molecule has 0 radical (unpaired) electrons. The highest BCUT2D eigenvalue weighted by molar-refractivity contribution is 5.59. The highest BCUT2D eigenvalue weighted by Crippen LogP contribution is 2.35. The molecule has 1 aliphatic rings. The van der Waals surface area contributed by atoms with Crippen LogP contribution in [-0.4, -0.2) is 0 Å². The van der Waals surface area contributed by atoms with Crippen molar-refractivity contribution in [2.24, 2.45) is 5.92 Å². The van der Waals surface area contributed by atoms with E-state index in [0.717, 1.165) is 12.0 Å². The van der Waals surface area contributed by atoms with Crippen LogP contribution in [0.3, 0.4) is 0 Å². The SMILES string of the molecule is C=CC[C@H]1C=Cc2ccccc2[C@H]1C#N. The van der Waals surface area contributed by atoms with Crippen molar-refractivity contribution in [2.75, 3.05) is 0 Å². The molecule has 0 fully saturated rings. The van der Waals surface area contributed by atoms with E-state index in [9.17, 15) is 5.26 Å². The maximum atomic E-state index is 9.22. The molecule has 0 spiro atoms. The largest absolute Gasteiger partial charge is 0.198 e. The molecular formula is C14H13N. The smallest absolute Gasteiger partial charge is 0.0784 e. The van der Waals surface area contributed by atoms with Crippen molar-refractivity contribution in [1.29, 1.82) is 5.26 Å². The molecule has 1 heteroatoms. The fourth-order valence-electron chi connectivity index (χ4n) is 2.09. The van der Waals surface area contributed by atoms with Crippen LogP contribution in [0, 0.1) is 17.2 Å². The summed E-state index contributed by atoms with van der Waals surface area (Å²) < 4.78 is 0. The van der Waals surface area contributed by atoms with Gasteiger partial charge in [0.2, 0.25) is 0 Å². The number of allylic oxidation sites excluding steroid dienone is 2. The van der Waals surface area contributed by atoms with Gasteiger partial charge in [0, 0.05) is 5.92 Å². The molecule has 1 aromatic carbocycles. The Kier molecular flexibility index (Phi) is 2.69. The fourth-order valence-corrected chi connectivity index (χ4v) is 2.09. The maximum absolute atomic E-state index is 9.22. The van der Waals surface area contributed by atoms with Gasteiger partial charge in [-0.3, -0.25) is 0 Å². The third kappa shape index (κ3) is 1.71. The average molecular weight is 195 g/mol. The molecule has 1 aromatic rings. The second-order valence-corrected chi connectivity index (χ2v) is 3.78. The van der Waals surface area contributed by atoms with Crippen LogP contribution in [0.1, 0.15) is 23.5 Å². The first-order valence-electron chi connectivity index (χ1n) is 5.14. The van der Waals surface area contributed by atoms with Gasteiger partial charge in [-0.15, -0.1) is 6.58 Å². The molecule has 0 amide bonds. The molecule has 0 saturated heterocycles. The number of hydrogen-bond acceptors (Lipinski definition) is 1. The molecule has 74 valence electrons. The molecule has 0 bridgehead atoms. The molecule has 1 nitrogen and oxygen atoms in total. The number of rotatable bonds is 2. The summed E-state index contributed by atoms with van der Waals surface area (Å²) in [6.45, 7) is 3.74. The van der Waals surface area contributed by atoms with Gasteiger partial charge in [-0.05, 0) is 17.5 Å². The zero-order valence-electron chi connectivity index (χ0n) is 8.56. The topological polar surface area (TPSA) is 23.8 Å². The summed E-state index contributed by atoms with van der Waals surface area (Å²) in [7, 11) is 0. The lowest BCUT2D eigenvalue weighted by molar-refractivity contribution is 0.596. The first-order chi connectivity index (χ1) is 7.36. The molecule has 15 heavy (non-hydrogen) atoms. The number of nitrogens with zero attached hydrogens (tertiary/aromatic N) is 1. The molecule has 0 aliphatic heterocycles. The minimum absolute atomic E-state index is 0.0239. The molecular weight excluding hydrogens is 182 g/mol. The van der Waals surface area contributed by atoms with Crippen molar-refractivity contribution in [1.82, 2.24) is 0 Å². The van der Waals surface area contributed by atoms with E-state index in [0.29, 0.717) is 0 Å². The van der Waals surface area contributed by atoms with Gasteiger partial charge in [0.25, 0.3) is 0 Å². The molecule has 0 saturated carbocycles. The van der Waals surface area contributed by atoms with Crippen LogP contribution < -0.4 is 0 Å². The van der Waals surface area contributed by atoms with Crippen LogP contribution in [0.25, 0.3) is 6.08 Å². The second kappa shape index (κ2) is 4.14. The van der Waals surface area contributed by atoms with E-state index >= 15 is 0 Å². The zero-order valence-corrected chi connectivity index (χ0v) is 8.56. The minimum atomic E-state index is -0.0239. The summed E-state index contributed by atoms with van der Waals surface area (Å²) in [5.41, 5.74) is 2.32. The number of hydrogen-bond donors (Lipinski definition) is 0. The minimum Gasteiger partial charge on any atom is -0.198 e. The van der Waals surface area contributed by atoms with Gasteiger partial charge in [-0.2, -0.15) is 5.26 Å². The van der Waals surface area contributed by atoms with E-state index in [1.807, 2.05) is 24.3 Å². The lowest BCUT2D eigenvalue weighted by Gasteiger charge is -2.23. The second-order valence-electron chi connectivity index (χ2n) is 3.78. The Morgan fingerprint density at radius 2 is 2.20 bits per heavy atom. The fraction of sp³-hybridized carbons (Fsp3) is 0.214. The van der Waals surface area contributed by atoms with Gasteiger partial charge < -0.3 is 0 Å². The predicted molar refractivity (Wildman–Crippen MR) is 62.1 cm³/mol. The highest BCUT2D eigenvalue weighted by Gasteiger charge is 2.24. The summed E-state index contributed by atoms with van der Waals surface area (Å²) in [4.78, 5) is 0. The average Bonchev–Trinajstić information content (AvgIpc) is 2.29. The van der Waals surface area contributed by atoms with Gasteiger partial charge >= 0.3 is 0 Å². The van der Waals surface area contributed by atoms with Gasteiger partial charge in [0.1, 0.15) is 0 Å². The zero-order chi connectivity index (χ0) is 10.7. The Hall–Kier alpha value is -1.81. The molecule has 2 atom stereocenters. The van der Waals surface area contributed by atoms with Crippen molar-refractivity contribution in [3.8, 4) is 6.07 Å². The predicted octanol–water partition coefficient (Wildman–Crippen LogP) is 3.51. The van der Waals surface area contributed by atoms with E-state index < -0.39 is 0 Å². The van der Waals surface area contributed by atoms with E-state index in [1.165, 1.54) is 5.56 Å². The molecule has 0 N–H and O–H groups in total. The Labute approximate surface area is 90.4 Å². The Morgan fingerprint density at radius 1 is 1.40 bits per heavy atom. The molecule has 1 aliphatic carbocycles. The summed E-state index contributed by atoms with van der Waals surface area (Å²) in [5, 5.41) is 9.22. The van der Waals surface area contributed by atoms with Crippen molar-refractivity contribution in [3.63, 3.8) is 0 Å². The number of nitriles is 1. The van der Waals surface area contributed by atoms with Crippen molar-refractivity contribution >= 4 is 6.08 Å². The lowest BCUT2D eigenvalue weighted by Crippen LogP contribution is -2.13. The summed E-state index contributed by atoms with van der Waals surface area (Å²) >= 11 is 0. The molecule has 2 rings (SSSR count). The molecule has 0 aromatic heterocycles. The summed E-state index contributed by atoms with van der Waals surface area (Å²) in [6.07, 6.45) is 6.98. The number of fused-ring (bicyclic) bond motifs is 1. The standard InChI is InChI=1S/C14H13N/c1-2-5-11-8-9-12-6-3-4-7-13(12)14(11)10-15/h2-4,6-9,11,14H,1,5H2/t11-,14-/m0/s1. The third-order valence-corrected chi connectivity index (χ3v) is 2.86. The Morgan fingerprint density at radius 3 is 2.93 bits per heavy atom. The number of benzene rings is 1. The van der Waals surface area contributed by atoms with Gasteiger partial charge in [-0.1, -0.05) is 42.5 Å². The van der Waals surface area contributed by atoms with Crippen LogP contribution >= 0.6 is 0 Å². The van der Waals surface area contributed by atoms with E-state index in [-0.39, 0.29) is 11.8 Å². The molecule has 0 unspecified atom stereocenters. The Bertz CT molecular complexity index is 437. The molecule has 0 heterocycles. The summed E-state index contributed by atoms with van der Waals surface area (Å²) in [5.74, 6) is 0.256. The monoisotopic (exact) mass is 195 g/mol. The quantitative estimate of drug-likeness (QED) is 0.662. The Balaban J connectivity index is 2.42. The highest BCUT2D eigenvalue weighted by atomic mass is 14.3. The van der Waals surface area contributed by atoms with E-state index in [4.69, 9.17) is 0 Å². The maximum Gasteiger partial charge on any atom is 0.0784 e. The van der Waals surface area contributed by atoms with Crippen molar-refractivity contribution in [2.45, 2.75) is 12.3 Å². The van der Waals surface area contributed by atoms with Crippen LogP contribution in [-0.2, 0) is 0 Å². The van der Waals surface area contributed by atoms with Gasteiger partial charge in [0.15, 0.2) is 0 Å². The van der Waals surface area contributed by atoms with Crippen LogP contribution in [0.15, 0.2) is 43.0 Å². The third-order valence-electron chi connectivity index (χ3n) is 2.86. The van der Waals surface area contributed by atoms with Crippen molar-refractivity contribution in [3.05, 3.63) is 54.1 Å².